The molecule has 0 saturated heterocycles. The maximum atomic E-state index is 13.2. The number of benzene rings is 3. The monoisotopic (exact) mass is 529 g/mol. The third kappa shape index (κ3) is 5.61. The average molecular weight is 530 g/mol. The molecule has 194 valence electrons. The molecule has 0 bridgehead atoms. The molecule has 0 fully saturated rings. The van der Waals surface area contributed by atoms with Crippen LogP contribution in [0.1, 0.15) is 42.4 Å². The maximum absolute atomic E-state index is 13.2. The molecule has 2 atom stereocenters. The predicted octanol–water partition coefficient (Wildman–Crippen LogP) is 6.28. The van der Waals surface area contributed by atoms with E-state index in [9.17, 15) is 15.2 Å². The van der Waals surface area contributed by atoms with E-state index in [1.807, 2.05) is 38.1 Å². The number of carbonyl (C=O) groups is 1. The molecule has 1 heterocycles. The molecule has 0 radical (unpaired) electrons. The number of allylic oxidation sites excluding steroid dienone is 2. The smallest absolute Gasteiger partial charge is 0.232 e. The van der Waals surface area contributed by atoms with Crippen molar-refractivity contribution in [1.82, 2.24) is 0 Å². The summed E-state index contributed by atoms with van der Waals surface area (Å²) < 4.78 is 11.0. The van der Waals surface area contributed by atoms with E-state index in [4.69, 9.17) is 26.8 Å². The van der Waals surface area contributed by atoms with Gasteiger partial charge in [-0.3, -0.25) is 4.79 Å². The SMILES string of the molecule is COc1cc(C2C=C(c3ccc(NC(=O)C(c4ccc(Cl)cc4)C(C)C)cc3)OC(N)=C2C#N)ccc1O. The Labute approximate surface area is 226 Å². The van der Waals surface area contributed by atoms with E-state index in [2.05, 4.69) is 11.4 Å². The van der Waals surface area contributed by atoms with Gasteiger partial charge in [0, 0.05) is 22.2 Å². The molecule has 3 aromatic rings. The lowest BCUT2D eigenvalue weighted by atomic mass is 9.87. The molecular formula is C30H28ClN3O4. The van der Waals surface area contributed by atoms with Crippen LogP contribution in [-0.4, -0.2) is 18.1 Å². The fourth-order valence-electron chi connectivity index (χ4n) is 4.47. The first-order valence-corrected chi connectivity index (χ1v) is 12.4. The number of rotatable bonds is 7. The van der Waals surface area contributed by atoms with Gasteiger partial charge in [-0.15, -0.1) is 0 Å². The zero-order valence-corrected chi connectivity index (χ0v) is 22.0. The molecule has 3 aromatic carbocycles. The van der Waals surface area contributed by atoms with Crippen LogP contribution in [0.15, 0.2) is 84.3 Å². The summed E-state index contributed by atoms with van der Waals surface area (Å²) in [7, 11) is 1.46. The number of methoxy groups -OCH3 is 1. The van der Waals surface area contributed by atoms with Crippen LogP contribution in [0.25, 0.3) is 5.76 Å². The zero-order chi connectivity index (χ0) is 27.4. The van der Waals surface area contributed by atoms with Crippen LogP contribution in [0.4, 0.5) is 5.69 Å². The molecule has 8 heteroatoms. The minimum Gasteiger partial charge on any atom is -0.504 e. The average Bonchev–Trinajstić information content (AvgIpc) is 2.90. The number of hydrogen-bond acceptors (Lipinski definition) is 6. The first kappa shape index (κ1) is 26.6. The lowest BCUT2D eigenvalue weighted by Crippen LogP contribution is -2.25. The normalized spacial score (nSPS) is 15.8. The molecule has 7 nitrogen and oxygen atoms in total. The maximum Gasteiger partial charge on any atom is 0.232 e. The number of nitrogens with two attached hydrogens (primary N) is 1. The van der Waals surface area contributed by atoms with Gasteiger partial charge in [0.2, 0.25) is 11.8 Å². The molecule has 2 unspecified atom stereocenters. The Morgan fingerprint density at radius 1 is 1.13 bits per heavy atom. The first-order valence-electron chi connectivity index (χ1n) is 12.0. The Morgan fingerprint density at radius 3 is 2.42 bits per heavy atom. The van der Waals surface area contributed by atoms with Gasteiger partial charge < -0.3 is 25.6 Å². The van der Waals surface area contributed by atoms with Crippen LogP contribution in [0.2, 0.25) is 5.02 Å². The third-order valence-electron chi connectivity index (χ3n) is 6.41. The predicted molar refractivity (Wildman–Crippen MR) is 147 cm³/mol. The van der Waals surface area contributed by atoms with Gasteiger partial charge in [-0.1, -0.05) is 43.6 Å². The molecule has 0 spiro atoms. The number of nitrogens with zero attached hydrogens (tertiary/aromatic N) is 1. The summed E-state index contributed by atoms with van der Waals surface area (Å²) in [6, 6.07) is 21.5. The first-order chi connectivity index (χ1) is 18.2. The molecule has 0 aromatic heterocycles. The number of ether oxygens (including phenoxy) is 2. The molecule has 4 N–H and O–H groups in total. The van der Waals surface area contributed by atoms with Crippen molar-refractivity contribution in [2.24, 2.45) is 11.7 Å². The van der Waals surface area contributed by atoms with E-state index in [1.165, 1.54) is 13.2 Å². The van der Waals surface area contributed by atoms with Crippen LogP contribution in [-0.2, 0) is 9.53 Å². The number of halogens is 1. The van der Waals surface area contributed by atoms with Gasteiger partial charge in [0.1, 0.15) is 17.4 Å². The minimum atomic E-state index is -0.496. The lowest BCUT2D eigenvalue weighted by molar-refractivity contribution is -0.118. The highest BCUT2D eigenvalue weighted by atomic mass is 35.5. The quantitative estimate of drug-likeness (QED) is 0.331. The standard InChI is InChI=1S/C30H28ClN3O4/c1-17(2)28(19-4-9-21(31)10-5-19)30(36)34-22-11-6-18(7-12-22)26-15-23(24(16-32)29(33)38-26)20-8-13-25(35)27(14-20)37-3/h4-15,17,23,28,35H,33H2,1-3H3,(H,34,36). The second-order valence-corrected chi connectivity index (χ2v) is 9.71. The van der Waals surface area contributed by atoms with E-state index in [1.54, 1.807) is 42.5 Å². The number of phenolic OH excluding ortho intramolecular Hbond substituents is 1. The second kappa shape index (κ2) is 11.3. The highest BCUT2D eigenvalue weighted by molar-refractivity contribution is 6.30. The number of hydrogen-bond donors (Lipinski definition) is 3. The molecule has 0 saturated carbocycles. The number of aromatic hydroxyl groups is 1. The number of anilines is 1. The van der Waals surface area contributed by atoms with Crippen molar-refractivity contribution in [1.29, 1.82) is 5.26 Å². The highest BCUT2D eigenvalue weighted by Crippen LogP contribution is 2.39. The van der Waals surface area contributed by atoms with Crippen molar-refractivity contribution in [3.63, 3.8) is 0 Å². The van der Waals surface area contributed by atoms with Crippen molar-refractivity contribution in [3.8, 4) is 17.6 Å². The van der Waals surface area contributed by atoms with Gasteiger partial charge in [-0.2, -0.15) is 5.26 Å². The summed E-state index contributed by atoms with van der Waals surface area (Å²) in [6.07, 6.45) is 1.80. The van der Waals surface area contributed by atoms with Crippen LogP contribution in [0.3, 0.4) is 0 Å². The van der Waals surface area contributed by atoms with E-state index in [-0.39, 0.29) is 40.7 Å². The van der Waals surface area contributed by atoms with Gasteiger partial charge in [0.15, 0.2) is 11.5 Å². The topological polar surface area (TPSA) is 118 Å². The third-order valence-corrected chi connectivity index (χ3v) is 6.66. The van der Waals surface area contributed by atoms with Crippen molar-refractivity contribution < 1.29 is 19.4 Å². The molecule has 1 aliphatic rings. The number of nitriles is 1. The van der Waals surface area contributed by atoms with Gasteiger partial charge in [-0.25, -0.2) is 0 Å². The summed E-state index contributed by atoms with van der Waals surface area (Å²) in [5.41, 5.74) is 9.34. The molecule has 1 amide bonds. The van der Waals surface area contributed by atoms with E-state index in [0.717, 1.165) is 11.1 Å². The Morgan fingerprint density at radius 2 is 1.82 bits per heavy atom. The number of amides is 1. The van der Waals surface area contributed by atoms with Crippen LogP contribution in [0, 0.1) is 17.2 Å². The van der Waals surface area contributed by atoms with Crippen LogP contribution >= 0.6 is 11.6 Å². The molecular weight excluding hydrogens is 502 g/mol. The Kier molecular flexibility index (Phi) is 7.94. The van der Waals surface area contributed by atoms with Crippen LogP contribution < -0.4 is 15.8 Å². The van der Waals surface area contributed by atoms with Crippen molar-refractivity contribution in [2.75, 3.05) is 12.4 Å². The molecule has 38 heavy (non-hydrogen) atoms. The number of phenols is 1. The largest absolute Gasteiger partial charge is 0.504 e. The second-order valence-electron chi connectivity index (χ2n) is 9.27. The van der Waals surface area contributed by atoms with E-state index >= 15 is 0 Å². The summed E-state index contributed by atoms with van der Waals surface area (Å²) >= 11 is 6.02. The van der Waals surface area contributed by atoms with E-state index in [0.29, 0.717) is 22.0 Å². The minimum absolute atomic E-state index is 0.00200. The van der Waals surface area contributed by atoms with E-state index < -0.39 is 5.92 Å². The molecule has 1 aliphatic heterocycles. The van der Waals surface area contributed by atoms with Gasteiger partial charge in [0.25, 0.3) is 0 Å². The summed E-state index contributed by atoms with van der Waals surface area (Å²) in [6.45, 7) is 4.00. The summed E-state index contributed by atoms with van der Waals surface area (Å²) in [5, 5.41) is 23.3. The number of nitrogens with one attached hydrogen (secondary N) is 1. The molecule has 4 rings (SSSR count). The zero-order valence-electron chi connectivity index (χ0n) is 21.2. The van der Waals surface area contributed by atoms with Crippen molar-refractivity contribution in [3.05, 3.63) is 106 Å². The fraction of sp³-hybridized carbons (Fsp3) is 0.200. The summed E-state index contributed by atoms with van der Waals surface area (Å²) in [4.78, 5) is 13.2. The highest BCUT2D eigenvalue weighted by Gasteiger charge is 2.27. The summed E-state index contributed by atoms with van der Waals surface area (Å²) in [5.74, 6) is -0.113. The van der Waals surface area contributed by atoms with Gasteiger partial charge in [0.05, 0.1) is 13.0 Å². The Balaban J connectivity index is 1.57. The van der Waals surface area contributed by atoms with Gasteiger partial charge >= 0.3 is 0 Å². The lowest BCUT2D eigenvalue weighted by Gasteiger charge is -2.24. The fourth-order valence-corrected chi connectivity index (χ4v) is 4.60. The Bertz CT molecular complexity index is 1440. The number of carbonyl (C=O) groups excluding carboxylic acids is 1. The van der Waals surface area contributed by atoms with Crippen LogP contribution in [0.5, 0.6) is 11.5 Å². The van der Waals surface area contributed by atoms with Crippen molar-refractivity contribution >= 4 is 29.0 Å². The van der Waals surface area contributed by atoms with Crippen molar-refractivity contribution in [2.45, 2.75) is 25.7 Å². The molecule has 0 aliphatic carbocycles. The Hall–Kier alpha value is -4.41. The van der Waals surface area contributed by atoms with Gasteiger partial charge in [-0.05, 0) is 71.7 Å².